The van der Waals surface area contributed by atoms with Gasteiger partial charge in [0, 0.05) is 12.1 Å². The molecule has 2 rings (SSSR count). The minimum Gasteiger partial charge on any atom is -0.497 e. The van der Waals surface area contributed by atoms with Gasteiger partial charge in [0.15, 0.2) is 5.78 Å². The van der Waals surface area contributed by atoms with Crippen LogP contribution in [-0.2, 0) is 9.53 Å². The summed E-state index contributed by atoms with van der Waals surface area (Å²) < 4.78 is 10.1. The molecule has 0 aliphatic carbocycles. The third-order valence-electron chi connectivity index (χ3n) is 3.43. The Labute approximate surface area is 149 Å². The first-order valence-electron chi connectivity index (χ1n) is 8.10. The van der Waals surface area contributed by atoms with Crippen LogP contribution in [0.2, 0.25) is 0 Å². The quantitative estimate of drug-likeness (QED) is 0.504. The van der Waals surface area contributed by atoms with Crippen LogP contribution in [0.25, 0.3) is 0 Å². The Kier molecular flexibility index (Phi) is 8.19. The van der Waals surface area contributed by atoms with E-state index < -0.39 is 5.97 Å². The predicted molar refractivity (Wildman–Crippen MR) is 98.6 cm³/mol. The topological polar surface area (TPSA) is 64.6 Å². The molecule has 5 heteroatoms. The summed E-state index contributed by atoms with van der Waals surface area (Å²) in [6.07, 6.45) is 3.58. The molecule has 0 aromatic heterocycles. The molecule has 5 nitrogen and oxygen atoms in total. The first-order chi connectivity index (χ1) is 12.0. The maximum absolute atomic E-state index is 12.7. The van der Waals surface area contributed by atoms with Crippen LogP contribution in [0.3, 0.4) is 0 Å². The fourth-order valence-electron chi connectivity index (χ4n) is 2.29. The van der Waals surface area contributed by atoms with Crippen LogP contribution in [0, 0.1) is 0 Å². The molecule has 0 spiro atoms. The van der Waals surface area contributed by atoms with Crippen LogP contribution in [0.5, 0.6) is 5.75 Å². The van der Waals surface area contributed by atoms with Crippen molar-refractivity contribution >= 4 is 11.8 Å². The molecule has 0 amide bonds. The largest absolute Gasteiger partial charge is 0.497 e. The highest BCUT2D eigenvalue weighted by atomic mass is 16.5. The van der Waals surface area contributed by atoms with Crippen LogP contribution >= 0.6 is 0 Å². The number of hydrogen-bond donors (Lipinski definition) is 1. The van der Waals surface area contributed by atoms with Gasteiger partial charge in [-0.3, -0.25) is 4.79 Å². The molecule has 1 aromatic carbocycles. The molecule has 0 atom stereocenters. The molecule has 0 saturated carbocycles. The number of rotatable bonds is 5. The van der Waals surface area contributed by atoms with Crippen molar-refractivity contribution in [1.29, 1.82) is 0 Å². The van der Waals surface area contributed by atoms with Crippen molar-refractivity contribution in [2.75, 3.05) is 20.3 Å². The zero-order valence-electron chi connectivity index (χ0n) is 15.2. The number of benzene rings is 1. The normalized spacial score (nSPS) is 14.3. The number of ketones is 1. The molecule has 1 aromatic rings. The Balaban J connectivity index is 0.000000970. The number of hydrogen-bond acceptors (Lipinski definition) is 5. The predicted octanol–water partition coefficient (Wildman–Crippen LogP) is 3.44. The zero-order valence-corrected chi connectivity index (χ0v) is 15.2. The number of nitrogens with one attached hydrogen (secondary N) is 1. The second-order valence-electron chi connectivity index (χ2n) is 5.10. The SMILES string of the molecule is C/C=C1\CNC(C(=O)OCC)=C1C(=O)c1ccc(OC)cc1.C=CC. The monoisotopic (exact) mass is 343 g/mol. The van der Waals surface area contributed by atoms with Gasteiger partial charge in [0.1, 0.15) is 11.4 Å². The van der Waals surface area contributed by atoms with Gasteiger partial charge in [0.25, 0.3) is 0 Å². The van der Waals surface area contributed by atoms with Gasteiger partial charge in [-0.1, -0.05) is 12.2 Å². The maximum atomic E-state index is 12.7. The van der Waals surface area contributed by atoms with Gasteiger partial charge in [-0.05, 0) is 50.6 Å². The van der Waals surface area contributed by atoms with Crippen molar-refractivity contribution in [3.8, 4) is 5.75 Å². The summed E-state index contributed by atoms with van der Waals surface area (Å²) in [4.78, 5) is 24.8. The van der Waals surface area contributed by atoms with E-state index in [1.807, 2.05) is 19.9 Å². The van der Waals surface area contributed by atoms with Crippen molar-refractivity contribution < 1.29 is 19.1 Å². The molecule has 0 radical (unpaired) electrons. The highest BCUT2D eigenvalue weighted by molar-refractivity contribution is 6.16. The Morgan fingerprint density at radius 2 is 1.84 bits per heavy atom. The number of methoxy groups -OCH3 is 1. The fraction of sp³-hybridized carbons (Fsp3) is 0.300. The lowest BCUT2D eigenvalue weighted by Crippen LogP contribution is -2.20. The summed E-state index contributed by atoms with van der Waals surface area (Å²) in [6.45, 7) is 9.53. The van der Waals surface area contributed by atoms with E-state index >= 15 is 0 Å². The van der Waals surface area contributed by atoms with Gasteiger partial charge < -0.3 is 14.8 Å². The average molecular weight is 343 g/mol. The van der Waals surface area contributed by atoms with Crippen molar-refractivity contribution in [2.45, 2.75) is 20.8 Å². The molecule has 0 unspecified atom stereocenters. The molecule has 0 bridgehead atoms. The highest BCUT2D eigenvalue weighted by Gasteiger charge is 2.30. The summed E-state index contributed by atoms with van der Waals surface area (Å²) in [5.74, 6) is -0.0352. The molecule has 1 heterocycles. The second-order valence-corrected chi connectivity index (χ2v) is 5.10. The number of Topliss-reactive ketones (excluding diaryl/α,β-unsaturated/α-hetero) is 1. The minimum absolute atomic E-state index is 0.205. The van der Waals surface area contributed by atoms with Gasteiger partial charge in [-0.25, -0.2) is 4.79 Å². The van der Waals surface area contributed by atoms with Crippen LogP contribution in [0.1, 0.15) is 31.1 Å². The van der Waals surface area contributed by atoms with Gasteiger partial charge in [-0.2, -0.15) is 0 Å². The molecule has 25 heavy (non-hydrogen) atoms. The van der Waals surface area contributed by atoms with Crippen LogP contribution in [-0.4, -0.2) is 32.0 Å². The molecule has 0 fully saturated rings. The number of carbonyl (C=O) groups excluding carboxylic acids is 2. The number of esters is 1. The second kappa shape index (κ2) is 10.1. The maximum Gasteiger partial charge on any atom is 0.355 e. The number of carbonyl (C=O) groups is 2. The van der Waals surface area contributed by atoms with Crippen molar-refractivity contribution in [3.05, 3.63) is 65.4 Å². The lowest BCUT2D eigenvalue weighted by Gasteiger charge is -2.07. The van der Waals surface area contributed by atoms with E-state index in [-0.39, 0.29) is 18.1 Å². The van der Waals surface area contributed by atoms with Crippen LogP contribution in [0.4, 0.5) is 0 Å². The van der Waals surface area contributed by atoms with Crippen molar-refractivity contribution in [3.63, 3.8) is 0 Å². The van der Waals surface area contributed by atoms with Crippen molar-refractivity contribution in [2.24, 2.45) is 0 Å². The Bertz CT molecular complexity index is 684. The lowest BCUT2D eigenvalue weighted by molar-refractivity contribution is -0.138. The van der Waals surface area contributed by atoms with E-state index in [9.17, 15) is 9.59 Å². The van der Waals surface area contributed by atoms with E-state index in [2.05, 4.69) is 11.9 Å². The van der Waals surface area contributed by atoms with Gasteiger partial charge >= 0.3 is 5.97 Å². The zero-order chi connectivity index (χ0) is 18.8. The molecule has 1 aliphatic rings. The average Bonchev–Trinajstić information content (AvgIpc) is 3.06. The molecule has 0 saturated heterocycles. The molecular formula is C20H25NO4. The van der Waals surface area contributed by atoms with Crippen LogP contribution < -0.4 is 10.1 Å². The van der Waals surface area contributed by atoms with E-state index in [1.54, 1.807) is 44.4 Å². The minimum atomic E-state index is -0.504. The first kappa shape index (κ1) is 20.2. The van der Waals surface area contributed by atoms with Gasteiger partial charge in [0.05, 0.1) is 19.3 Å². The van der Waals surface area contributed by atoms with Gasteiger partial charge in [0.2, 0.25) is 0 Å². The van der Waals surface area contributed by atoms with E-state index in [0.717, 1.165) is 5.57 Å². The fourth-order valence-corrected chi connectivity index (χ4v) is 2.29. The summed E-state index contributed by atoms with van der Waals surface area (Å²) in [5, 5.41) is 2.96. The van der Waals surface area contributed by atoms with Crippen molar-refractivity contribution in [1.82, 2.24) is 5.32 Å². The summed E-state index contributed by atoms with van der Waals surface area (Å²) >= 11 is 0. The Morgan fingerprint density at radius 1 is 1.24 bits per heavy atom. The number of allylic oxidation sites excluding steroid dienone is 2. The smallest absolute Gasteiger partial charge is 0.355 e. The molecule has 134 valence electrons. The summed E-state index contributed by atoms with van der Waals surface area (Å²) in [5.41, 5.74) is 1.91. The van der Waals surface area contributed by atoms with Crippen LogP contribution in [0.15, 0.2) is 59.8 Å². The lowest BCUT2D eigenvalue weighted by atomic mass is 9.97. The Morgan fingerprint density at radius 3 is 2.32 bits per heavy atom. The molecule has 1 N–H and O–H groups in total. The molecule has 1 aliphatic heterocycles. The molecular weight excluding hydrogens is 318 g/mol. The van der Waals surface area contributed by atoms with Gasteiger partial charge in [-0.15, -0.1) is 6.58 Å². The van der Waals surface area contributed by atoms with E-state index in [4.69, 9.17) is 9.47 Å². The Hall–Kier alpha value is -2.82. The summed E-state index contributed by atoms with van der Waals surface area (Å²) in [6, 6.07) is 6.80. The first-order valence-corrected chi connectivity index (χ1v) is 8.10. The third kappa shape index (κ3) is 5.08. The van der Waals surface area contributed by atoms with E-state index in [0.29, 0.717) is 23.4 Å². The summed E-state index contributed by atoms with van der Waals surface area (Å²) in [7, 11) is 1.57. The number of ether oxygens (including phenoxy) is 2. The third-order valence-corrected chi connectivity index (χ3v) is 3.43. The standard InChI is InChI=1S/C17H19NO4.C3H6/c1-4-11-10-18-15(17(20)22-5-2)14(11)16(19)12-6-8-13(21-3)9-7-12;1-3-2/h4,6-9,18H,5,10H2,1-3H3;3H,1H2,2H3/b11-4+;. The van der Waals surface area contributed by atoms with E-state index in [1.165, 1.54) is 0 Å². The highest BCUT2D eigenvalue weighted by Crippen LogP contribution is 2.25.